The van der Waals surface area contributed by atoms with E-state index in [0.29, 0.717) is 0 Å². The summed E-state index contributed by atoms with van der Waals surface area (Å²) in [7, 11) is 0. The first-order chi connectivity index (χ1) is 3.95. The predicted molar refractivity (Wildman–Crippen MR) is 33.7 cm³/mol. The van der Waals surface area contributed by atoms with Crippen LogP contribution in [0.1, 0.15) is 25.7 Å². The van der Waals surface area contributed by atoms with E-state index in [-0.39, 0.29) is 0 Å². The highest BCUT2D eigenvalue weighted by Gasteiger charge is 2.27. The van der Waals surface area contributed by atoms with Gasteiger partial charge in [-0.25, -0.2) is 0 Å². The molecule has 1 saturated heterocycles. The van der Waals surface area contributed by atoms with Crippen LogP contribution in [0, 0.1) is 5.92 Å². The van der Waals surface area contributed by atoms with Gasteiger partial charge >= 0.3 is 0 Å². The van der Waals surface area contributed by atoms with Crippen molar-refractivity contribution in [2.24, 2.45) is 5.92 Å². The minimum Gasteiger partial charge on any atom is -0.314 e. The summed E-state index contributed by atoms with van der Waals surface area (Å²) in [5, 5.41) is 3.52. The lowest BCUT2D eigenvalue weighted by atomic mass is 9.91. The normalized spacial score (nSPS) is 45.0. The Morgan fingerprint density at radius 2 is 2.25 bits per heavy atom. The second kappa shape index (κ2) is 1.73. The molecule has 1 aliphatic carbocycles. The lowest BCUT2D eigenvalue weighted by Crippen LogP contribution is -2.20. The van der Waals surface area contributed by atoms with Crippen molar-refractivity contribution in [1.82, 2.24) is 5.32 Å². The molecule has 2 atom stereocenters. The van der Waals surface area contributed by atoms with Crippen LogP contribution >= 0.6 is 0 Å². The van der Waals surface area contributed by atoms with Crippen LogP contribution in [0.5, 0.6) is 0 Å². The quantitative estimate of drug-likeness (QED) is 0.494. The maximum absolute atomic E-state index is 3.52. The van der Waals surface area contributed by atoms with Crippen LogP contribution in [0.4, 0.5) is 0 Å². The van der Waals surface area contributed by atoms with Crippen LogP contribution in [0.25, 0.3) is 0 Å². The molecule has 1 heteroatoms. The van der Waals surface area contributed by atoms with Crippen molar-refractivity contribution in [3.63, 3.8) is 0 Å². The molecule has 46 valence electrons. The smallest absolute Gasteiger partial charge is 0.00702 e. The zero-order valence-corrected chi connectivity index (χ0v) is 5.19. The molecule has 0 aromatic carbocycles. The average Bonchev–Trinajstić information content (AvgIpc) is 2.12. The van der Waals surface area contributed by atoms with Gasteiger partial charge in [-0.1, -0.05) is 6.42 Å². The lowest BCUT2D eigenvalue weighted by Gasteiger charge is -2.15. The van der Waals surface area contributed by atoms with Gasteiger partial charge in [0.25, 0.3) is 0 Å². The molecule has 0 amide bonds. The number of hydrogen-bond donors (Lipinski definition) is 1. The first-order valence-electron chi connectivity index (χ1n) is 3.68. The predicted octanol–water partition coefficient (Wildman–Crippen LogP) is 1.15. The second-order valence-corrected chi connectivity index (χ2v) is 3.14. The maximum atomic E-state index is 3.52. The Labute approximate surface area is 50.5 Å². The number of hydrogen-bond acceptors (Lipinski definition) is 1. The second-order valence-electron chi connectivity index (χ2n) is 3.14. The molecule has 1 N–H and O–H groups in total. The molecule has 2 fully saturated rings. The van der Waals surface area contributed by atoms with Gasteiger partial charge in [0.2, 0.25) is 0 Å². The van der Waals surface area contributed by atoms with Gasteiger partial charge in [-0.15, -0.1) is 0 Å². The van der Waals surface area contributed by atoms with Gasteiger partial charge in [-0.3, -0.25) is 0 Å². The summed E-state index contributed by atoms with van der Waals surface area (Å²) >= 11 is 0. The summed E-state index contributed by atoms with van der Waals surface area (Å²) < 4.78 is 0. The van der Waals surface area contributed by atoms with Crippen molar-refractivity contribution < 1.29 is 0 Å². The topological polar surface area (TPSA) is 12.0 Å². The Morgan fingerprint density at radius 1 is 1.25 bits per heavy atom. The molecule has 0 aromatic heterocycles. The third-order valence-corrected chi connectivity index (χ3v) is 2.48. The molecule has 2 aliphatic rings. The number of nitrogens with one attached hydrogen (secondary N) is 1. The zero-order chi connectivity index (χ0) is 5.40. The Morgan fingerprint density at radius 3 is 3.00 bits per heavy atom. The molecular formula is C7H13N. The van der Waals surface area contributed by atoms with E-state index >= 15 is 0 Å². The first-order valence-corrected chi connectivity index (χ1v) is 3.68. The number of rotatable bonds is 0. The molecule has 1 heterocycles. The highest BCUT2D eigenvalue weighted by Crippen LogP contribution is 2.28. The van der Waals surface area contributed by atoms with Gasteiger partial charge in [0.05, 0.1) is 0 Å². The highest BCUT2D eigenvalue weighted by molar-refractivity contribution is 4.85. The largest absolute Gasteiger partial charge is 0.314 e. The van der Waals surface area contributed by atoms with Gasteiger partial charge < -0.3 is 5.32 Å². The summed E-state index contributed by atoms with van der Waals surface area (Å²) in [4.78, 5) is 0. The SMILES string of the molecule is C1C[C@@H]2CN[C@@H](C1)C2. The monoisotopic (exact) mass is 111 g/mol. The van der Waals surface area contributed by atoms with Crippen LogP contribution in [0.2, 0.25) is 0 Å². The molecule has 0 unspecified atom stereocenters. The molecule has 0 spiro atoms. The minimum absolute atomic E-state index is 0.911. The van der Waals surface area contributed by atoms with Crippen LogP contribution in [0.3, 0.4) is 0 Å². The van der Waals surface area contributed by atoms with Crippen molar-refractivity contribution in [2.45, 2.75) is 31.7 Å². The fourth-order valence-electron chi connectivity index (χ4n) is 2.00. The van der Waals surface area contributed by atoms with Gasteiger partial charge in [0, 0.05) is 6.04 Å². The van der Waals surface area contributed by atoms with E-state index in [1.807, 2.05) is 0 Å². The Hall–Kier alpha value is -0.0400. The van der Waals surface area contributed by atoms with E-state index in [4.69, 9.17) is 0 Å². The summed E-state index contributed by atoms with van der Waals surface area (Å²) in [6.45, 7) is 1.31. The van der Waals surface area contributed by atoms with Crippen LogP contribution in [-0.2, 0) is 0 Å². The molecule has 0 aromatic rings. The van der Waals surface area contributed by atoms with Gasteiger partial charge in [-0.05, 0) is 31.7 Å². The molecule has 0 radical (unpaired) electrons. The standard InChI is InChI=1S/C7H13N/c1-2-6-4-7(3-1)8-5-6/h6-8H,1-5H2/t6-,7-/m0/s1. The van der Waals surface area contributed by atoms with E-state index in [0.717, 1.165) is 12.0 Å². The van der Waals surface area contributed by atoms with Crippen LogP contribution < -0.4 is 5.32 Å². The number of fused-ring (bicyclic) bond motifs is 2. The summed E-state index contributed by atoms with van der Waals surface area (Å²) in [5.41, 5.74) is 0. The summed E-state index contributed by atoms with van der Waals surface area (Å²) in [6, 6.07) is 0.911. The lowest BCUT2D eigenvalue weighted by molar-refractivity contribution is 0.410. The van der Waals surface area contributed by atoms with E-state index in [1.165, 1.54) is 32.2 Å². The average molecular weight is 111 g/mol. The fourth-order valence-corrected chi connectivity index (χ4v) is 2.00. The van der Waals surface area contributed by atoms with Crippen molar-refractivity contribution in [2.75, 3.05) is 6.54 Å². The maximum Gasteiger partial charge on any atom is 0.00702 e. The minimum atomic E-state index is 0.911. The Kier molecular flexibility index (Phi) is 1.04. The zero-order valence-electron chi connectivity index (χ0n) is 5.19. The molecule has 1 saturated carbocycles. The molecule has 2 rings (SSSR count). The first kappa shape index (κ1) is 4.80. The molecule has 8 heavy (non-hydrogen) atoms. The highest BCUT2D eigenvalue weighted by atomic mass is 15.0. The van der Waals surface area contributed by atoms with Crippen molar-refractivity contribution in [1.29, 1.82) is 0 Å². The van der Waals surface area contributed by atoms with Gasteiger partial charge in [-0.2, -0.15) is 0 Å². The van der Waals surface area contributed by atoms with Crippen LogP contribution in [-0.4, -0.2) is 12.6 Å². The van der Waals surface area contributed by atoms with Crippen molar-refractivity contribution in [3.05, 3.63) is 0 Å². The molecular weight excluding hydrogens is 98.1 g/mol. The Bertz CT molecular complexity index is 76.4. The third kappa shape index (κ3) is 0.655. The van der Waals surface area contributed by atoms with Crippen molar-refractivity contribution in [3.8, 4) is 0 Å². The molecule has 2 bridgehead atoms. The van der Waals surface area contributed by atoms with Gasteiger partial charge in [0.1, 0.15) is 0 Å². The van der Waals surface area contributed by atoms with Crippen LogP contribution in [0.15, 0.2) is 0 Å². The fraction of sp³-hybridized carbons (Fsp3) is 1.00. The summed E-state index contributed by atoms with van der Waals surface area (Å²) in [5.74, 6) is 1.05. The van der Waals surface area contributed by atoms with Gasteiger partial charge in [0.15, 0.2) is 0 Å². The molecule has 1 aliphatic heterocycles. The molecule has 1 nitrogen and oxygen atoms in total. The van der Waals surface area contributed by atoms with E-state index in [9.17, 15) is 0 Å². The van der Waals surface area contributed by atoms with E-state index in [1.54, 1.807) is 0 Å². The Balaban J connectivity index is 2.03. The third-order valence-electron chi connectivity index (χ3n) is 2.48. The van der Waals surface area contributed by atoms with E-state index in [2.05, 4.69) is 5.32 Å². The summed E-state index contributed by atoms with van der Waals surface area (Å²) in [6.07, 6.45) is 5.88. The van der Waals surface area contributed by atoms with Crippen molar-refractivity contribution >= 4 is 0 Å². The van der Waals surface area contributed by atoms with E-state index < -0.39 is 0 Å².